The third kappa shape index (κ3) is 8.28. The number of nitrogens with one attached hydrogen (secondary N) is 5. The van der Waals surface area contributed by atoms with Crippen LogP contribution in [-0.2, 0) is 9.59 Å². The Morgan fingerprint density at radius 2 is 1.82 bits per heavy atom. The van der Waals surface area contributed by atoms with Crippen molar-refractivity contribution in [3.05, 3.63) is 56.5 Å². The monoisotopic (exact) mass is 626 g/mol. The van der Waals surface area contributed by atoms with Gasteiger partial charge in [-0.05, 0) is 46.3 Å². The van der Waals surface area contributed by atoms with E-state index in [9.17, 15) is 34.5 Å². The zero-order chi connectivity index (χ0) is 28.7. The number of amides is 3. The Bertz CT molecular complexity index is 1320. The Balaban J connectivity index is 1.74. The fraction of sp³-hybridized carbons (Fsp3) is 0.261. The molecule has 0 fully saturated rings. The number of aliphatic hydroxyl groups excluding tert-OH is 1. The molecular weight excluding hydrogens is 604 g/mol. The van der Waals surface area contributed by atoms with Crippen LogP contribution in [0.15, 0.2) is 39.8 Å². The van der Waals surface area contributed by atoms with Gasteiger partial charge in [-0.2, -0.15) is 0 Å². The van der Waals surface area contributed by atoms with Crippen LogP contribution in [0.25, 0.3) is 0 Å². The van der Waals surface area contributed by atoms with Gasteiger partial charge in [0.25, 0.3) is 11.8 Å². The lowest BCUT2D eigenvalue weighted by atomic mass is 10.0. The lowest BCUT2D eigenvalue weighted by molar-refractivity contribution is -0.137. The molecule has 0 aliphatic carbocycles. The smallest absolute Gasteiger partial charge is 0.305 e. The number of β-amino-alcohol motifs (C(OH)–C–C–N with tert-alkyl or cyclic N) is 1. The molecule has 1 unspecified atom stereocenters. The molecule has 0 spiro atoms. The van der Waals surface area contributed by atoms with Gasteiger partial charge in [-0.25, -0.2) is 5.48 Å². The number of hydrogen-bond donors (Lipinski definition) is 9. The third-order valence-electron chi connectivity index (χ3n) is 5.34. The summed E-state index contributed by atoms with van der Waals surface area (Å²) < 4.78 is 0.199. The van der Waals surface area contributed by atoms with Crippen LogP contribution in [-0.4, -0.2) is 75.9 Å². The average molecular weight is 628 g/mol. The highest BCUT2D eigenvalue weighted by atomic mass is 79.9. The Labute approximate surface area is 234 Å². The van der Waals surface area contributed by atoms with Gasteiger partial charge in [0, 0.05) is 33.9 Å². The Morgan fingerprint density at radius 1 is 1.13 bits per heavy atom. The number of hydrogen-bond acceptors (Lipinski definition) is 10. The normalized spacial score (nSPS) is 15.3. The summed E-state index contributed by atoms with van der Waals surface area (Å²) >= 11 is 9.12. The van der Waals surface area contributed by atoms with Gasteiger partial charge >= 0.3 is 5.97 Å². The summed E-state index contributed by atoms with van der Waals surface area (Å²) in [6.07, 6.45) is -1.24. The quantitative estimate of drug-likeness (QED) is 0.140. The fourth-order valence-electron chi connectivity index (χ4n) is 3.55. The Hall–Kier alpha value is -3.92. The van der Waals surface area contributed by atoms with E-state index in [1.807, 2.05) is 0 Å². The van der Waals surface area contributed by atoms with Gasteiger partial charge in [0.2, 0.25) is 5.91 Å². The van der Waals surface area contributed by atoms with Crippen LogP contribution >= 0.6 is 27.5 Å². The third-order valence-corrected chi connectivity index (χ3v) is 6.17. The van der Waals surface area contributed by atoms with Crippen molar-refractivity contribution in [2.45, 2.75) is 18.6 Å². The first-order chi connectivity index (χ1) is 18.5. The van der Waals surface area contributed by atoms with Crippen LogP contribution in [0.4, 0.5) is 5.69 Å². The van der Waals surface area contributed by atoms with Crippen LogP contribution < -0.4 is 26.7 Å². The zero-order valence-corrected chi connectivity index (χ0v) is 22.3. The van der Waals surface area contributed by atoms with Crippen molar-refractivity contribution >= 4 is 62.9 Å². The molecule has 0 saturated carbocycles. The minimum Gasteiger partial charge on any atom is -0.506 e. The number of halogens is 2. The number of nitrogens with zero attached hydrogens (tertiary/aromatic N) is 1. The number of hydroxylamine groups is 1. The van der Waals surface area contributed by atoms with Crippen molar-refractivity contribution in [1.82, 2.24) is 21.4 Å². The second kappa shape index (κ2) is 13.2. The number of anilines is 1. The molecule has 0 bridgehead atoms. The van der Waals surface area contributed by atoms with E-state index >= 15 is 0 Å². The largest absolute Gasteiger partial charge is 0.506 e. The summed E-state index contributed by atoms with van der Waals surface area (Å²) in [5, 5.41) is 48.9. The summed E-state index contributed by atoms with van der Waals surface area (Å²) in [5.74, 6) is -3.72. The number of phenolic OH excluding ortho intramolecular Hbond substituents is 1. The maximum atomic E-state index is 12.8. The number of aliphatic hydroxyl groups is 1. The minimum absolute atomic E-state index is 0.0543. The van der Waals surface area contributed by atoms with Crippen molar-refractivity contribution in [3.8, 4) is 5.75 Å². The lowest BCUT2D eigenvalue weighted by Gasteiger charge is -2.20. The number of carbonyl (C=O) groups excluding carboxylic acids is 3. The minimum atomic E-state index is -1.26. The van der Waals surface area contributed by atoms with E-state index in [1.165, 1.54) is 35.8 Å². The predicted octanol–water partition coefficient (Wildman–Crippen LogP) is 0.721. The lowest BCUT2D eigenvalue weighted by Crippen LogP contribution is -2.42. The highest BCUT2D eigenvalue weighted by Crippen LogP contribution is 2.36. The van der Waals surface area contributed by atoms with Gasteiger partial charge in [-0.1, -0.05) is 11.6 Å². The highest BCUT2D eigenvalue weighted by molar-refractivity contribution is 9.10. The van der Waals surface area contributed by atoms with Crippen LogP contribution in [0.5, 0.6) is 5.75 Å². The number of aliphatic imine (C=N–C) groups is 1. The van der Waals surface area contributed by atoms with Crippen molar-refractivity contribution < 1.29 is 39.7 Å². The molecule has 14 nitrogen and oxygen atoms in total. The molecule has 2 aromatic rings. The zero-order valence-electron chi connectivity index (χ0n) is 20.0. The first kappa shape index (κ1) is 29.6. The molecule has 2 aromatic carbocycles. The maximum Gasteiger partial charge on any atom is 0.305 e. The van der Waals surface area contributed by atoms with Crippen LogP contribution in [0, 0.1) is 0 Å². The molecule has 2 atom stereocenters. The average Bonchev–Trinajstić information content (AvgIpc) is 2.89. The van der Waals surface area contributed by atoms with Crippen molar-refractivity contribution in [3.63, 3.8) is 0 Å². The van der Waals surface area contributed by atoms with Crippen LogP contribution in [0.1, 0.15) is 38.7 Å². The number of carbonyl (C=O) groups is 4. The van der Waals surface area contributed by atoms with E-state index in [0.29, 0.717) is 0 Å². The number of carboxylic acids is 1. The molecule has 3 amide bonds. The van der Waals surface area contributed by atoms with Gasteiger partial charge in [0.15, 0.2) is 5.96 Å². The molecular formula is C23H24BrClN6O8. The number of carboxylic acid groups (broad SMARTS) is 1. The van der Waals surface area contributed by atoms with Gasteiger partial charge in [-0.15, -0.1) is 0 Å². The highest BCUT2D eigenvalue weighted by Gasteiger charge is 2.24. The number of aromatic hydroxyl groups is 1. The summed E-state index contributed by atoms with van der Waals surface area (Å²) in [6, 6.07) is 5.43. The number of aliphatic carboxylic acids is 1. The van der Waals surface area contributed by atoms with E-state index in [4.69, 9.17) is 16.8 Å². The van der Waals surface area contributed by atoms with E-state index in [1.54, 1.807) is 0 Å². The summed E-state index contributed by atoms with van der Waals surface area (Å²) in [7, 11) is 0. The molecule has 1 aliphatic heterocycles. The van der Waals surface area contributed by atoms with E-state index in [-0.39, 0.29) is 56.7 Å². The molecule has 16 heteroatoms. The summed E-state index contributed by atoms with van der Waals surface area (Å²) in [5.41, 5.74) is 1.64. The number of phenols is 1. The fourth-order valence-corrected chi connectivity index (χ4v) is 4.39. The second-order valence-corrected chi connectivity index (χ2v) is 9.61. The molecule has 0 saturated heterocycles. The predicted molar refractivity (Wildman–Crippen MR) is 142 cm³/mol. The first-order valence-electron chi connectivity index (χ1n) is 11.3. The number of benzene rings is 2. The van der Waals surface area contributed by atoms with Crippen molar-refractivity contribution in [2.75, 3.05) is 25.0 Å². The van der Waals surface area contributed by atoms with Gasteiger partial charge in [0.1, 0.15) is 5.75 Å². The van der Waals surface area contributed by atoms with Crippen LogP contribution in [0.2, 0.25) is 5.02 Å². The first-order valence-corrected chi connectivity index (χ1v) is 12.4. The summed E-state index contributed by atoms with van der Waals surface area (Å²) in [6.45, 7) is -0.206. The topological polar surface area (TPSA) is 222 Å². The van der Waals surface area contributed by atoms with Crippen molar-refractivity contribution in [2.24, 2.45) is 4.99 Å². The van der Waals surface area contributed by atoms with Gasteiger partial charge in [-0.3, -0.25) is 29.4 Å². The second-order valence-electron chi connectivity index (χ2n) is 8.32. The standard InChI is InChI=1S/C23H24BrClN6O8/c24-16-5-12(25)4-15(20(16)36)17(6-19(34)35)30-18(33)9-26-21(37)10-1-11(22(38)31-39)3-13(2-10)29-23-27-7-14(32)8-28-23/h1-5,14,17,32,36,39H,6-9H2,(H,26,37)(H,30,33)(H,31,38)(H,34,35)(H2,27,28,29)/t17-/m1/s1. The number of rotatable bonds is 9. The molecule has 39 heavy (non-hydrogen) atoms. The van der Waals surface area contributed by atoms with E-state index < -0.39 is 48.8 Å². The maximum absolute atomic E-state index is 12.8. The molecule has 0 aromatic heterocycles. The molecule has 1 heterocycles. The molecule has 9 N–H and O–H groups in total. The van der Waals surface area contributed by atoms with Gasteiger partial charge < -0.3 is 36.6 Å². The summed E-state index contributed by atoms with van der Waals surface area (Å²) in [4.78, 5) is 52.9. The van der Waals surface area contributed by atoms with Crippen molar-refractivity contribution in [1.29, 1.82) is 0 Å². The van der Waals surface area contributed by atoms with E-state index in [0.717, 1.165) is 0 Å². The van der Waals surface area contributed by atoms with E-state index in [2.05, 4.69) is 42.2 Å². The molecule has 0 radical (unpaired) electrons. The molecule has 1 aliphatic rings. The Morgan fingerprint density at radius 3 is 2.44 bits per heavy atom. The van der Waals surface area contributed by atoms with Gasteiger partial charge in [0.05, 0.1) is 36.1 Å². The molecule has 208 valence electrons. The Kier molecular flexibility index (Phi) is 10.1. The SMILES string of the molecule is O=C(O)C[C@@H](NC(=O)CNC(=O)c1cc(NC2=NCC(O)CN2)cc(C(=O)NO)c1)c1cc(Cl)cc(Br)c1O. The number of guanidine groups is 1. The molecule has 3 rings (SSSR count). The van der Waals surface area contributed by atoms with Crippen LogP contribution in [0.3, 0.4) is 0 Å².